The molecule has 0 aromatic carbocycles. The summed E-state index contributed by atoms with van der Waals surface area (Å²) in [6, 6.07) is 0. The molecule has 0 aliphatic rings. The minimum absolute atomic E-state index is 0.361. The van der Waals surface area contributed by atoms with Crippen molar-refractivity contribution in [2.75, 3.05) is 5.73 Å². The van der Waals surface area contributed by atoms with Crippen molar-refractivity contribution in [2.24, 2.45) is 7.05 Å². The Hall–Kier alpha value is -1.78. The minimum atomic E-state index is 0.361. The molecule has 2 N–H and O–H groups in total. The highest BCUT2D eigenvalue weighted by Crippen LogP contribution is 2.31. The quantitative estimate of drug-likeness (QED) is 0.920. The summed E-state index contributed by atoms with van der Waals surface area (Å²) in [5, 5.41) is 4.28. The lowest BCUT2D eigenvalue weighted by molar-refractivity contribution is 0.616. The normalized spacial score (nSPS) is 11.5. The van der Waals surface area contributed by atoms with Crippen LogP contribution in [0.5, 0.6) is 0 Å². The Labute approximate surface area is 114 Å². The van der Waals surface area contributed by atoms with Gasteiger partial charge in [-0.15, -0.1) is 0 Å². The van der Waals surface area contributed by atoms with E-state index in [1.165, 1.54) is 0 Å². The summed E-state index contributed by atoms with van der Waals surface area (Å²) in [7, 11) is 1.93. The molecule has 2 rings (SSSR count). The number of hydrogen-bond acceptors (Lipinski definition) is 3. The molecule has 19 heavy (non-hydrogen) atoms. The van der Waals surface area contributed by atoms with Gasteiger partial charge in [-0.05, 0) is 13.3 Å². The van der Waals surface area contributed by atoms with Crippen LogP contribution in [0.1, 0.15) is 44.6 Å². The number of aryl methyl sites for hydroxylation is 1. The summed E-state index contributed by atoms with van der Waals surface area (Å²) in [4.78, 5) is 4.76. The number of nitrogen functional groups attached to an aromatic ring is 1. The van der Waals surface area contributed by atoms with E-state index in [9.17, 15) is 0 Å². The lowest BCUT2D eigenvalue weighted by atomic mass is 10.2. The van der Waals surface area contributed by atoms with Crippen LogP contribution in [0.3, 0.4) is 0 Å². The highest BCUT2D eigenvalue weighted by atomic mass is 15.3. The number of imidazole rings is 1. The first-order valence-corrected chi connectivity index (χ1v) is 6.82. The van der Waals surface area contributed by atoms with Crippen LogP contribution >= 0.6 is 0 Å². The molecule has 0 saturated heterocycles. The molecule has 104 valence electrons. The zero-order valence-electron chi connectivity index (χ0n) is 12.4. The van der Waals surface area contributed by atoms with Gasteiger partial charge in [0.2, 0.25) is 0 Å². The Morgan fingerprint density at radius 2 is 2.05 bits per heavy atom. The molecule has 0 unspecified atom stereocenters. The highest BCUT2D eigenvalue weighted by molar-refractivity contribution is 5.72. The van der Waals surface area contributed by atoms with Crippen LogP contribution in [0.15, 0.2) is 6.20 Å². The fraction of sp³-hybridized carbons (Fsp3) is 0.571. The van der Waals surface area contributed by atoms with Crippen molar-refractivity contribution in [1.82, 2.24) is 19.3 Å². The van der Waals surface area contributed by atoms with E-state index in [4.69, 9.17) is 10.7 Å². The molecule has 0 fully saturated rings. The van der Waals surface area contributed by atoms with Gasteiger partial charge in [0.25, 0.3) is 0 Å². The van der Waals surface area contributed by atoms with Crippen molar-refractivity contribution in [3.05, 3.63) is 17.7 Å². The second kappa shape index (κ2) is 5.07. The van der Waals surface area contributed by atoms with Crippen LogP contribution in [0, 0.1) is 6.92 Å². The van der Waals surface area contributed by atoms with Crippen LogP contribution in [0.25, 0.3) is 11.3 Å². The second-order valence-corrected chi connectivity index (χ2v) is 5.28. The summed E-state index contributed by atoms with van der Waals surface area (Å²) < 4.78 is 3.98. The SMILES string of the molecule is CCCn1c(C(C)C)nc(-c2cnn(C)c2C)c1N. The Morgan fingerprint density at radius 3 is 2.53 bits per heavy atom. The average Bonchev–Trinajstić information content (AvgIpc) is 2.84. The van der Waals surface area contributed by atoms with E-state index < -0.39 is 0 Å². The molecule has 5 heteroatoms. The first kappa shape index (κ1) is 13.6. The fourth-order valence-corrected chi connectivity index (χ4v) is 2.31. The van der Waals surface area contributed by atoms with Gasteiger partial charge < -0.3 is 10.3 Å². The third-order valence-electron chi connectivity index (χ3n) is 3.49. The van der Waals surface area contributed by atoms with E-state index in [1.54, 1.807) is 0 Å². The minimum Gasteiger partial charge on any atom is -0.383 e. The van der Waals surface area contributed by atoms with E-state index in [0.29, 0.717) is 5.92 Å². The molecule has 0 atom stereocenters. The Balaban J connectivity index is 2.59. The maximum absolute atomic E-state index is 6.30. The van der Waals surface area contributed by atoms with Gasteiger partial charge in [0.05, 0.1) is 6.20 Å². The summed E-state index contributed by atoms with van der Waals surface area (Å²) in [5.74, 6) is 2.17. The largest absolute Gasteiger partial charge is 0.383 e. The predicted molar refractivity (Wildman–Crippen MR) is 78.0 cm³/mol. The van der Waals surface area contributed by atoms with Crippen molar-refractivity contribution < 1.29 is 0 Å². The molecule has 0 spiro atoms. The molecule has 0 aliphatic carbocycles. The Kier molecular flexibility index (Phi) is 3.64. The third-order valence-corrected chi connectivity index (χ3v) is 3.49. The molecule has 2 heterocycles. The Bertz CT molecular complexity index is 577. The van der Waals surface area contributed by atoms with Crippen LogP contribution < -0.4 is 5.73 Å². The van der Waals surface area contributed by atoms with Gasteiger partial charge >= 0.3 is 0 Å². The molecule has 0 amide bonds. The molecule has 5 nitrogen and oxygen atoms in total. The van der Waals surface area contributed by atoms with Gasteiger partial charge in [0.1, 0.15) is 17.3 Å². The van der Waals surface area contributed by atoms with Crippen molar-refractivity contribution in [1.29, 1.82) is 0 Å². The maximum Gasteiger partial charge on any atom is 0.131 e. The zero-order chi connectivity index (χ0) is 14.2. The maximum atomic E-state index is 6.30. The van der Waals surface area contributed by atoms with Gasteiger partial charge in [0.15, 0.2) is 0 Å². The number of rotatable bonds is 4. The van der Waals surface area contributed by atoms with Crippen molar-refractivity contribution in [3.8, 4) is 11.3 Å². The van der Waals surface area contributed by atoms with Gasteiger partial charge in [0, 0.05) is 30.8 Å². The monoisotopic (exact) mass is 261 g/mol. The van der Waals surface area contributed by atoms with E-state index >= 15 is 0 Å². The summed E-state index contributed by atoms with van der Waals surface area (Å²) in [6.45, 7) is 9.39. The predicted octanol–water partition coefficient (Wildman–Crippen LogP) is 2.71. The molecule has 0 bridgehead atoms. The van der Waals surface area contributed by atoms with E-state index in [-0.39, 0.29) is 0 Å². The number of hydrogen-bond donors (Lipinski definition) is 1. The van der Waals surface area contributed by atoms with E-state index in [2.05, 4.69) is 30.4 Å². The smallest absolute Gasteiger partial charge is 0.131 e. The zero-order valence-corrected chi connectivity index (χ0v) is 12.4. The highest BCUT2D eigenvalue weighted by Gasteiger charge is 2.20. The van der Waals surface area contributed by atoms with Gasteiger partial charge in [-0.1, -0.05) is 20.8 Å². The number of nitrogens with two attached hydrogens (primary N) is 1. The first-order chi connectivity index (χ1) is 8.97. The van der Waals surface area contributed by atoms with Crippen LogP contribution in [-0.2, 0) is 13.6 Å². The number of nitrogens with zero attached hydrogens (tertiary/aromatic N) is 4. The topological polar surface area (TPSA) is 61.7 Å². The van der Waals surface area contributed by atoms with Crippen LogP contribution in [0.2, 0.25) is 0 Å². The van der Waals surface area contributed by atoms with Crippen LogP contribution in [0.4, 0.5) is 5.82 Å². The molecular weight excluding hydrogens is 238 g/mol. The number of aromatic nitrogens is 4. The standard InChI is InChI=1S/C14H23N5/c1-6-7-19-13(15)12(17-14(19)9(2)3)11-8-16-18(5)10(11)4/h8-9H,6-7,15H2,1-5H3. The number of anilines is 1. The average molecular weight is 261 g/mol. The molecular formula is C14H23N5. The van der Waals surface area contributed by atoms with Crippen molar-refractivity contribution >= 4 is 5.82 Å². The summed E-state index contributed by atoms with van der Waals surface area (Å²) in [5.41, 5.74) is 9.28. The molecule has 2 aromatic heterocycles. The lowest BCUT2D eigenvalue weighted by Gasteiger charge is -2.10. The summed E-state index contributed by atoms with van der Waals surface area (Å²) in [6.07, 6.45) is 2.89. The van der Waals surface area contributed by atoms with Crippen molar-refractivity contribution in [2.45, 2.75) is 46.6 Å². The summed E-state index contributed by atoms with van der Waals surface area (Å²) >= 11 is 0. The fourth-order valence-electron chi connectivity index (χ4n) is 2.31. The first-order valence-electron chi connectivity index (χ1n) is 6.82. The molecule has 0 aliphatic heterocycles. The van der Waals surface area contributed by atoms with Crippen molar-refractivity contribution in [3.63, 3.8) is 0 Å². The third kappa shape index (κ3) is 2.25. The van der Waals surface area contributed by atoms with Gasteiger partial charge in [-0.2, -0.15) is 5.10 Å². The van der Waals surface area contributed by atoms with E-state index in [1.807, 2.05) is 24.9 Å². The molecule has 2 aromatic rings. The van der Waals surface area contributed by atoms with E-state index in [0.717, 1.165) is 41.6 Å². The lowest BCUT2D eigenvalue weighted by Crippen LogP contribution is -2.08. The van der Waals surface area contributed by atoms with Crippen LogP contribution in [-0.4, -0.2) is 19.3 Å². The molecule has 0 radical (unpaired) electrons. The van der Waals surface area contributed by atoms with Gasteiger partial charge in [-0.25, -0.2) is 4.98 Å². The molecule has 0 saturated carbocycles. The Morgan fingerprint density at radius 1 is 1.37 bits per heavy atom. The second-order valence-electron chi connectivity index (χ2n) is 5.28. The van der Waals surface area contributed by atoms with Gasteiger partial charge in [-0.3, -0.25) is 4.68 Å².